The van der Waals surface area contributed by atoms with Crippen molar-refractivity contribution in [3.05, 3.63) is 41.9 Å². The van der Waals surface area contributed by atoms with Crippen LogP contribution in [0.3, 0.4) is 0 Å². The van der Waals surface area contributed by atoms with E-state index < -0.39 is 0 Å². The Bertz CT molecular complexity index is 930. The molecule has 1 aliphatic heterocycles. The molecule has 0 bridgehead atoms. The van der Waals surface area contributed by atoms with Gasteiger partial charge in [0.25, 0.3) is 0 Å². The van der Waals surface area contributed by atoms with Crippen LogP contribution < -0.4 is 10.2 Å². The number of fused-ring (bicyclic) bond motifs is 1. The number of pyridine rings is 1. The van der Waals surface area contributed by atoms with Crippen LogP contribution in [0.15, 0.2) is 30.5 Å². The predicted molar refractivity (Wildman–Crippen MR) is 98.2 cm³/mol. The molecule has 0 aromatic carbocycles. The summed E-state index contributed by atoms with van der Waals surface area (Å²) in [5, 5.41) is 15.9. The number of aryl methyl sites for hydroxylation is 2. The fraction of sp³-hybridized carbons (Fsp3) is 0.389. The molecule has 8 nitrogen and oxygen atoms in total. The topological polar surface area (TPSA) is 88.3 Å². The van der Waals surface area contributed by atoms with Crippen LogP contribution in [0.1, 0.15) is 30.7 Å². The largest absolute Gasteiger partial charge is 0.355 e. The van der Waals surface area contributed by atoms with E-state index in [0.29, 0.717) is 30.1 Å². The van der Waals surface area contributed by atoms with E-state index in [4.69, 9.17) is 0 Å². The van der Waals surface area contributed by atoms with Gasteiger partial charge in [-0.1, -0.05) is 6.07 Å². The van der Waals surface area contributed by atoms with E-state index in [1.165, 1.54) is 12.8 Å². The van der Waals surface area contributed by atoms with Crippen molar-refractivity contribution >= 4 is 23.2 Å². The first-order chi connectivity index (χ1) is 12.7. The van der Waals surface area contributed by atoms with Crippen LogP contribution in [-0.2, 0) is 11.2 Å². The molecule has 1 aliphatic rings. The molecule has 4 rings (SSSR count). The molecule has 4 heterocycles. The lowest BCUT2D eigenvalue weighted by atomic mass is 10.2. The van der Waals surface area contributed by atoms with E-state index in [2.05, 4.69) is 30.5 Å². The van der Waals surface area contributed by atoms with Gasteiger partial charge in [-0.3, -0.25) is 4.79 Å². The molecular formula is C18H21N7O. The van der Waals surface area contributed by atoms with Crippen LogP contribution in [0.2, 0.25) is 0 Å². The van der Waals surface area contributed by atoms with Crippen molar-refractivity contribution in [3.8, 4) is 0 Å². The SMILES string of the molecule is Cc1cccnc1NC(=O)CCc1nnc2ccc(N3CCCC3)nn12. The normalized spacial score (nSPS) is 14.1. The number of hydrogen-bond acceptors (Lipinski definition) is 6. The van der Waals surface area contributed by atoms with Gasteiger partial charge >= 0.3 is 0 Å². The summed E-state index contributed by atoms with van der Waals surface area (Å²) in [6.45, 7) is 3.97. The third-order valence-electron chi connectivity index (χ3n) is 4.59. The monoisotopic (exact) mass is 351 g/mol. The fourth-order valence-corrected chi connectivity index (χ4v) is 3.13. The van der Waals surface area contributed by atoms with E-state index in [1.807, 2.05) is 31.2 Å². The van der Waals surface area contributed by atoms with Gasteiger partial charge in [-0.2, -0.15) is 4.52 Å². The zero-order valence-electron chi connectivity index (χ0n) is 14.7. The molecule has 0 unspecified atom stereocenters. The van der Waals surface area contributed by atoms with E-state index in [0.717, 1.165) is 24.5 Å². The first-order valence-electron chi connectivity index (χ1n) is 8.88. The highest BCUT2D eigenvalue weighted by atomic mass is 16.1. The zero-order chi connectivity index (χ0) is 17.9. The lowest BCUT2D eigenvalue weighted by molar-refractivity contribution is -0.116. The maximum absolute atomic E-state index is 12.2. The Balaban J connectivity index is 1.46. The second-order valence-corrected chi connectivity index (χ2v) is 6.49. The number of rotatable bonds is 5. The van der Waals surface area contributed by atoms with E-state index in [9.17, 15) is 4.79 Å². The van der Waals surface area contributed by atoms with E-state index in [-0.39, 0.29) is 5.91 Å². The number of carbonyl (C=O) groups excluding carboxylic acids is 1. The molecule has 0 radical (unpaired) electrons. The summed E-state index contributed by atoms with van der Waals surface area (Å²) in [5.74, 6) is 2.12. The maximum atomic E-state index is 12.2. The highest BCUT2D eigenvalue weighted by molar-refractivity contribution is 5.90. The molecule has 0 spiro atoms. The summed E-state index contributed by atoms with van der Waals surface area (Å²) in [4.78, 5) is 18.7. The molecule has 134 valence electrons. The molecule has 0 aliphatic carbocycles. The van der Waals surface area contributed by atoms with Crippen LogP contribution >= 0.6 is 0 Å². The second-order valence-electron chi connectivity index (χ2n) is 6.49. The van der Waals surface area contributed by atoms with Gasteiger partial charge in [-0.05, 0) is 43.5 Å². The third kappa shape index (κ3) is 3.35. The molecule has 0 atom stereocenters. The van der Waals surface area contributed by atoms with Crippen LogP contribution in [0.4, 0.5) is 11.6 Å². The van der Waals surface area contributed by atoms with Crippen molar-refractivity contribution in [1.82, 2.24) is 24.8 Å². The molecule has 26 heavy (non-hydrogen) atoms. The molecule has 1 N–H and O–H groups in total. The molecule has 3 aromatic rings. The Morgan fingerprint density at radius 1 is 1.19 bits per heavy atom. The quantitative estimate of drug-likeness (QED) is 0.756. The molecular weight excluding hydrogens is 330 g/mol. The number of anilines is 2. The lowest BCUT2D eigenvalue weighted by Crippen LogP contribution is -2.20. The minimum atomic E-state index is -0.0979. The van der Waals surface area contributed by atoms with Crippen molar-refractivity contribution in [2.24, 2.45) is 0 Å². The van der Waals surface area contributed by atoms with Crippen LogP contribution in [0, 0.1) is 6.92 Å². The van der Waals surface area contributed by atoms with Crippen LogP contribution in [0.5, 0.6) is 0 Å². The molecule has 8 heteroatoms. The first-order valence-corrected chi connectivity index (χ1v) is 8.88. The zero-order valence-corrected chi connectivity index (χ0v) is 14.7. The highest BCUT2D eigenvalue weighted by Crippen LogP contribution is 2.18. The summed E-state index contributed by atoms with van der Waals surface area (Å²) >= 11 is 0. The standard InChI is InChI=1S/C18H21N7O/c1-13-5-4-10-19-18(13)20-17(26)9-8-15-22-21-14-6-7-16(23-25(14)15)24-11-2-3-12-24/h4-7,10H,2-3,8-9,11-12H2,1H3,(H,19,20,26). The Morgan fingerprint density at radius 2 is 2.04 bits per heavy atom. The number of aromatic nitrogens is 5. The van der Waals surface area contributed by atoms with Gasteiger partial charge in [-0.25, -0.2) is 4.98 Å². The summed E-state index contributed by atoms with van der Waals surface area (Å²) in [7, 11) is 0. The van der Waals surface area contributed by atoms with Gasteiger partial charge in [-0.15, -0.1) is 15.3 Å². The molecule has 1 amide bonds. The van der Waals surface area contributed by atoms with Crippen LogP contribution in [-0.4, -0.2) is 43.8 Å². The van der Waals surface area contributed by atoms with Crippen molar-refractivity contribution in [2.45, 2.75) is 32.6 Å². The molecule has 1 fully saturated rings. The number of hydrogen-bond donors (Lipinski definition) is 1. The number of nitrogens with one attached hydrogen (secondary N) is 1. The third-order valence-corrected chi connectivity index (χ3v) is 4.59. The Hall–Kier alpha value is -3.03. The van der Waals surface area contributed by atoms with Gasteiger partial charge in [0.2, 0.25) is 5.91 Å². The van der Waals surface area contributed by atoms with Crippen molar-refractivity contribution in [1.29, 1.82) is 0 Å². The smallest absolute Gasteiger partial charge is 0.225 e. The number of carbonyl (C=O) groups is 1. The number of amides is 1. The Morgan fingerprint density at radius 3 is 2.85 bits per heavy atom. The highest BCUT2D eigenvalue weighted by Gasteiger charge is 2.16. The Labute approximate surface area is 151 Å². The van der Waals surface area contributed by atoms with Gasteiger partial charge in [0.05, 0.1) is 0 Å². The summed E-state index contributed by atoms with van der Waals surface area (Å²) in [5.41, 5.74) is 1.63. The predicted octanol–water partition coefficient (Wildman–Crippen LogP) is 2.00. The average Bonchev–Trinajstić information content (AvgIpc) is 3.31. The summed E-state index contributed by atoms with van der Waals surface area (Å²) in [6.07, 6.45) is 4.82. The minimum absolute atomic E-state index is 0.0979. The molecule has 0 saturated carbocycles. The van der Waals surface area contributed by atoms with Gasteiger partial charge in [0, 0.05) is 32.1 Å². The number of nitrogens with zero attached hydrogens (tertiary/aromatic N) is 6. The summed E-state index contributed by atoms with van der Waals surface area (Å²) in [6, 6.07) is 7.67. The lowest BCUT2D eigenvalue weighted by Gasteiger charge is -2.15. The first kappa shape index (κ1) is 16.4. The van der Waals surface area contributed by atoms with Crippen molar-refractivity contribution in [2.75, 3.05) is 23.3 Å². The minimum Gasteiger partial charge on any atom is -0.355 e. The Kier molecular flexibility index (Phi) is 4.47. The molecule has 1 saturated heterocycles. The second kappa shape index (κ2) is 7.07. The van der Waals surface area contributed by atoms with Gasteiger partial charge in [0.1, 0.15) is 11.6 Å². The maximum Gasteiger partial charge on any atom is 0.225 e. The van der Waals surface area contributed by atoms with E-state index >= 15 is 0 Å². The summed E-state index contributed by atoms with van der Waals surface area (Å²) < 4.78 is 1.74. The van der Waals surface area contributed by atoms with Gasteiger partial charge in [0.15, 0.2) is 11.5 Å². The average molecular weight is 351 g/mol. The van der Waals surface area contributed by atoms with E-state index in [1.54, 1.807) is 10.7 Å². The fourth-order valence-electron chi connectivity index (χ4n) is 3.13. The molecule has 3 aromatic heterocycles. The van der Waals surface area contributed by atoms with Gasteiger partial charge < -0.3 is 10.2 Å². The van der Waals surface area contributed by atoms with Crippen molar-refractivity contribution < 1.29 is 4.79 Å². The van der Waals surface area contributed by atoms with Crippen LogP contribution in [0.25, 0.3) is 5.65 Å². The van der Waals surface area contributed by atoms with Crippen molar-refractivity contribution in [3.63, 3.8) is 0 Å².